The van der Waals surface area contributed by atoms with Gasteiger partial charge in [0.25, 0.3) is 0 Å². The van der Waals surface area contributed by atoms with E-state index in [4.69, 9.17) is 11.6 Å². The summed E-state index contributed by atoms with van der Waals surface area (Å²) in [5.41, 5.74) is 0.821. The lowest BCUT2D eigenvalue weighted by atomic mass is 10.1. The Balaban J connectivity index is 2.36. The van der Waals surface area contributed by atoms with E-state index in [-0.39, 0.29) is 12.2 Å². The lowest BCUT2D eigenvalue weighted by Crippen LogP contribution is -2.50. The fraction of sp³-hybridized carbons (Fsp3) is 0.300. The van der Waals surface area contributed by atoms with E-state index in [2.05, 4.69) is 5.32 Å². The van der Waals surface area contributed by atoms with E-state index < -0.39 is 40.2 Å². The summed E-state index contributed by atoms with van der Waals surface area (Å²) in [4.78, 5) is 26.6. The summed E-state index contributed by atoms with van der Waals surface area (Å²) in [6.45, 7) is 1.01. The zero-order valence-electron chi connectivity index (χ0n) is 16.8. The number of amides is 2. The number of hydrogen-bond donors (Lipinski definition) is 1. The third kappa shape index (κ3) is 6.17. The van der Waals surface area contributed by atoms with Gasteiger partial charge in [0.15, 0.2) is 0 Å². The molecule has 0 saturated carbocycles. The minimum Gasteiger partial charge on any atom is -0.357 e. The number of carbonyl (C=O) groups is 2. The molecule has 162 valence electrons. The van der Waals surface area contributed by atoms with E-state index in [9.17, 15) is 22.4 Å². The van der Waals surface area contributed by atoms with Crippen LogP contribution >= 0.6 is 11.6 Å². The van der Waals surface area contributed by atoms with E-state index in [0.29, 0.717) is 10.6 Å². The van der Waals surface area contributed by atoms with Gasteiger partial charge in [0.05, 0.1) is 11.9 Å². The van der Waals surface area contributed by atoms with Gasteiger partial charge in [-0.1, -0.05) is 29.8 Å². The van der Waals surface area contributed by atoms with Crippen molar-refractivity contribution in [3.8, 4) is 0 Å². The largest absolute Gasteiger partial charge is 0.357 e. The van der Waals surface area contributed by atoms with Gasteiger partial charge in [-0.2, -0.15) is 0 Å². The van der Waals surface area contributed by atoms with Gasteiger partial charge in [-0.25, -0.2) is 12.8 Å². The lowest BCUT2D eigenvalue weighted by molar-refractivity contribution is -0.139. The summed E-state index contributed by atoms with van der Waals surface area (Å²) >= 11 is 5.97. The van der Waals surface area contributed by atoms with Gasteiger partial charge in [0.2, 0.25) is 21.8 Å². The average Bonchev–Trinajstić information content (AvgIpc) is 2.69. The number of carbonyl (C=O) groups excluding carboxylic acids is 2. The minimum atomic E-state index is -3.82. The Hall–Kier alpha value is -2.65. The van der Waals surface area contributed by atoms with Crippen LogP contribution in [-0.4, -0.2) is 51.0 Å². The number of hydrogen-bond acceptors (Lipinski definition) is 4. The van der Waals surface area contributed by atoms with Crippen LogP contribution in [0, 0.1) is 5.82 Å². The monoisotopic (exact) mass is 455 g/mol. The quantitative estimate of drug-likeness (QED) is 0.662. The maximum atomic E-state index is 13.2. The fourth-order valence-electron chi connectivity index (χ4n) is 2.82. The van der Waals surface area contributed by atoms with Crippen LogP contribution in [0.5, 0.6) is 0 Å². The number of sulfonamides is 1. The topological polar surface area (TPSA) is 86.8 Å². The Morgan fingerprint density at radius 2 is 1.80 bits per heavy atom. The van der Waals surface area contributed by atoms with Crippen LogP contribution in [-0.2, 0) is 26.2 Å². The third-order valence-corrected chi connectivity index (χ3v) is 5.83. The van der Waals surface area contributed by atoms with Crippen LogP contribution in [0.3, 0.4) is 0 Å². The first-order valence-electron chi connectivity index (χ1n) is 9.01. The molecule has 0 bridgehead atoms. The molecule has 0 heterocycles. The normalized spacial score (nSPS) is 12.2. The molecule has 0 aliphatic carbocycles. The van der Waals surface area contributed by atoms with E-state index in [1.807, 2.05) is 0 Å². The number of benzene rings is 2. The van der Waals surface area contributed by atoms with E-state index in [0.717, 1.165) is 10.6 Å². The molecule has 1 atom stereocenters. The van der Waals surface area contributed by atoms with Gasteiger partial charge in [-0.05, 0) is 42.8 Å². The van der Waals surface area contributed by atoms with Crippen molar-refractivity contribution in [2.45, 2.75) is 19.5 Å². The number of rotatable bonds is 8. The lowest BCUT2D eigenvalue weighted by Gasteiger charge is -2.31. The van der Waals surface area contributed by atoms with Crippen molar-refractivity contribution in [3.05, 3.63) is 64.9 Å². The Morgan fingerprint density at radius 1 is 1.17 bits per heavy atom. The molecule has 2 aromatic rings. The Morgan fingerprint density at radius 3 is 2.33 bits per heavy atom. The van der Waals surface area contributed by atoms with Gasteiger partial charge in [-0.15, -0.1) is 0 Å². The molecule has 0 unspecified atom stereocenters. The summed E-state index contributed by atoms with van der Waals surface area (Å²) < 4.78 is 38.8. The Bertz CT molecular complexity index is 1010. The molecule has 2 aromatic carbocycles. The smallest absolute Gasteiger partial charge is 0.244 e. The van der Waals surface area contributed by atoms with Crippen LogP contribution in [0.2, 0.25) is 5.02 Å². The molecule has 2 rings (SSSR count). The van der Waals surface area contributed by atoms with Crippen LogP contribution in [0.4, 0.5) is 10.1 Å². The molecule has 10 heteroatoms. The molecule has 0 spiro atoms. The van der Waals surface area contributed by atoms with Crippen LogP contribution < -0.4 is 9.62 Å². The first-order chi connectivity index (χ1) is 14.0. The summed E-state index contributed by atoms with van der Waals surface area (Å²) in [7, 11) is -2.38. The molecule has 0 fully saturated rings. The molecule has 0 aromatic heterocycles. The van der Waals surface area contributed by atoms with Crippen molar-refractivity contribution >= 4 is 39.1 Å². The van der Waals surface area contributed by atoms with Crippen molar-refractivity contribution in [2.24, 2.45) is 0 Å². The van der Waals surface area contributed by atoms with Crippen molar-refractivity contribution < 1.29 is 22.4 Å². The summed E-state index contributed by atoms with van der Waals surface area (Å²) in [5.74, 6) is -1.44. The molecule has 0 radical (unpaired) electrons. The zero-order valence-corrected chi connectivity index (χ0v) is 18.4. The molecular formula is C20H23ClFN3O4S. The van der Waals surface area contributed by atoms with Gasteiger partial charge in [0.1, 0.15) is 18.4 Å². The summed E-state index contributed by atoms with van der Waals surface area (Å²) in [6, 6.07) is 10.7. The molecule has 7 nitrogen and oxygen atoms in total. The standard InChI is InChI=1S/C20H23ClFN3O4S/c1-14(20(27)23-2)24(12-15-7-9-17(22)10-8-15)19(26)13-25(30(3,28)29)18-6-4-5-16(21)11-18/h4-11,14H,12-13H2,1-3H3,(H,23,27)/t14-/m1/s1. The average molecular weight is 456 g/mol. The highest BCUT2D eigenvalue weighted by Gasteiger charge is 2.29. The second-order valence-electron chi connectivity index (χ2n) is 6.69. The molecule has 0 aliphatic rings. The third-order valence-electron chi connectivity index (χ3n) is 4.46. The molecule has 0 saturated heterocycles. The van der Waals surface area contributed by atoms with Crippen LogP contribution in [0.25, 0.3) is 0 Å². The predicted octanol–water partition coefficient (Wildman–Crippen LogP) is 2.41. The Labute approximate surface area is 180 Å². The van der Waals surface area contributed by atoms with Crippen molar-refractivity contribution in [2.75, 3.05) is 24.2 Å². The Kier molecular flexibility index (Phi) is 7.80. The van der Waals surface area contributed by atoms with E-state index in [1.54, 1.807) is 12.1 Å². The molecule has 0 aliphatic heterocycles. The van der Waals surface area contributed by atoms with Crippen molar-refractivity contribution in [3.63, 3.8) is 0 Å². The highest BCUT2D eigenvalue weighted by atomic mass is 35.5. The second kappa shape index (κ2) is 9.90. The first-order valence-corrected chi connectivity index (χ1v) is 11.2. The summed E-state index contributed by atoms with van der Waals surface area (Å²) in [5, 5.41) is 2.79. The molecule has 30 heavy (non-hydrogen) atoms. The maximum absolute atomic E-state index is 13.2. The van der Waals surface area contributed by atoms with Crippen LogP contribution in [0.1, 0.15) is 12.5 Å². The zero-order chi connectivity index (χ0) is 22.5. The van der Waals surface area contributed by atoms with Crippen molar-refractivity contribution in [1.29, 1.82) is 0 Å². The highest BCUT2D eigenvalue weighted by molar-refractivity contribution is 7.92. The SMILES string of the molecule is CNC(=O)[C@@H](C)N(Cc1ccc(F)cc1)C(=O)CN(c1cccc(Cl)c1)S(C)(=O)=O. The fourth-order valence-corrected chi connectivity index (χ4v) is 3.85. The molecule has 2 amide bonds. The van der Waals surface area contributed by atoms with Gasteiger partial charge < -0.3 is 10.2 Å². The highest BCUT2D eigenvalue weighted by Crippen LogP contribution is 2.22. The number of likely N-dealkylation sites (N-methyl/N-ethyl adjacent to an activating group) is 1. The maximum Gasteiger partial charge on any atom is 0.244 e. The van der Waals surface area contributed by atoms with Gasteiger partial charge in [-0.3, -0.25) is 13.9 Å². The van der Waals surface area contributed by atoms with Crippen LogP contribution in [0.15, 0.2) is 48.5 Å². The number of nitrogens with zero attached hydrogens (tertiary/aromatic N) is 2. The number of halogens is 2. The minimum absolute atomic E-state index is 0.000841. The number of nitrogens with one attached hydrogen (secondary N) is 1. The van der Waals surface area contributed by atoms with E-state index >= 15 is 0 Å². The van der Waals surface area contributed by atoms with Gasteiger partial charge >= 0.3 is 0 Å². The summed E-state index contributed by atoms with van der Waals surface area (Å²) in [6.07, 6.45) is 0.980. The molecule has 1 N–H and O–H groups in total. The van der Waals surface area contributed by atoms with E-state index in [1.165, 1.54) is 55.3 Å². The molecular weight excluding hydrogens is 433 g/mol. The van der Waals surface area contributed by atoms with Crippen molar-refractivity contribution in [1.82, 2.24) is 10.2 Å². The van der Waals surface area contributed by atoms with Gasteiger partial charge in [0, 0.05) is 18.6 Å². The first kappa shape index (κ1) is 23.6. The predicted molar refractivity (Wildman–Crippen MR) is 114 cm³/mol. The number of anilines is 1. The second-order valence-corrected chi connectivity index (χ2v) is 9.03.